The molecule has 9 rings (SSSR count). The Kier molecular flexibility index (Phi) is 11.2. The number of urea groups is 1. The first kappa shape index (κ1) is 40.7. The number of amides is 4. The van der Waals surface area contributed by atoms with E-state index in [1.165, 1.54) is 5.69 Å². The molecule has 0 aliphatic carbocycles. The van der Waals surface area contributed by atoms with Gasteiger partial charge < -0.3 is 19.6 Å². The van der Waals surface area contributed by atoms with Crippen LogP contribution >= 0.6 is 0 Å². The van der Waals surface area contributed by atoms with Crippen LogP contribution in [0, 0.1) is 12.8 Å². The molecule has 6 aromatic rings. The number of H-pyrrole nitrogens is 1. The molecular weight excluding hydrogens is 785 g/mol. The average Bonchev–Trinajstić information content (AvgIpc) is 3.96. The van der Waals surface area contributed by atoms with Crippen LogP contribution in [0.25, 0.3) is 33.4 Å². The van der Waals surface area contributed by atoms with E-state index < -0.39 is 5.91 Å². The van der Waals surface area contributed by atoms with Crippen molar-refractivity contribution >= 4 is 46.1 Å². The number of hydrogen-bond acceptors (Lipinski definition) is 12. The molecule has 0 unspecified atom stereocenters. The van der Waals surface area contributed by atoms with Gasteiger partial charge in [-0.25, -0.2) is 14.8 Å². The number of fused-ring (bicyclic) bond motifs is 1. The van der Waals surface area contributed by atoms with Crippen molar-refractivity contribution in [1.29, 1.82) is 0 Å². The molecule has 16 heteroatoms. The summed E-state index contributed by atoms with van der Waals surface area (Å²) in [6.45, 7) is 15.7. The van der Waals surface area contributed by atoms with E-state index in [-0.39, 0.29) is 23.2 Å². The second kappa shape index (κ2) is 17.0. The molecule has 4 aromatic heterocycles. The number of anilines is 3. The number of piperidine rings is 1. The van der Waals surface area contributed by atoms with Gasteiger partial charge in [0, 0.05) is 117 Å². The van der Waals surface area contributed by atoms with Gasteiger partial charge in [-0.3, -0.25) is 29.8 Å². The number of aromatic nitrogens is 6. The van der Waals surface area contributed by atoms with Gasteiger partial charge in [0.1, 0.15) is 5.82 Å². The highest BCUT2D eigenvalue weighted by molar-refractivity contribution is 6.05. The zero-order chi connectivity index (χ0) is 43.0. The highest BCUT2D eigenvalue weighted by atomic mass is 16.5. The lowest BCUT2D eigenvalue weighted by Crippen LogP contribution is -2.49. The Balaban J connectivity index is 0.759. The number of nitrogens with zero attached hydrogens (tertiary/aromatic N) is 9. The Hall–Kier alpha value is -6.68. The van der Waals surface area contributed by atoms with E-state index in [1.54, 1.807) is 4.90 Å². The Bertz CT molecular complexity index is 2580. The smallest absolute Gasteiger partial charge is 0.328 e. The standard InChI is InChI=1S/C46H52N12O4/c1-29-23-31(5-6-32(29)25-49-42(60)43-51-44(54-62-43)46(2,3)4)40-37-24-34(27-48-41(37)53-52-40)33-7-12-38(47-26-33)57-21-19-55(20-22-57)28-30-13-16-56(17-14-30)35-8-10-36(11-9-35)58-18-15-39(59)50-45(58)61/h5-12,23-24,26-27,30H,13-22,25,28H2,1-4H3,(H,49,60)(H,48,52,53)(H,50,59,61). The molecule has 7 heterocycles. The summed E-state index contributed by atoms with van der Waals surface area (Å²) in [5.41, 5.74) is 8.09. The first-order valence-corrected chi connectivity index (χ1v) is 21.4. The van der Waals surface area contributed by atoms with Crippen molar-refractivity contribution in [3.05, 3.63) is 95.9 Å². The fraction of sp³-hybridized carbons (Fsp3) is 0.391. The summed E-state index contributed by atoms with van der Waals surface area (Å²) in [5, 5.41) is 17.8. The van der Waals surface area contributed by atoms with Crippen molar-refractivity contribution in [3.8, 4) is 22.4 Å². The van der Waals surface area contributed by atoms with E-state index in [4.69, 9.17) is 9.51 Å². The molecule has 3 aliphatic rings. The molecule has 3 aliphatic heterocycles. The number of piperazine rings is 1. The topological polar surface area (TPSA) is 182 Å². The minimum atomic E-state index is -0.408. The Morgan fingerprint density at radius 2 is 1.58 bits per heavy atom. The molecule has 0 radical (unpaired) electrons. The van der Waals surface area contributed by atoms with Crippen molar-refractivity contribution in [2.24, 2.45) is 5.92 Å². The number of rotatable bonds is 10. The maximum absolute atomic E-state index is 12.7. The predicted octanol–water partition coefficient (Wildman–Crippen LogP) is 6.09. The van der Waals surface area contributed by atoms with E-state index >= 15 is 0 Å². The van der Waals surface area contributed by atoms with Gasteiger partial charge in [0.25, 0.3) is 0 Å². The number of aryl methyl sites for hydroxylation is 1. The second-order valence-corrected chi connectivity index (χ2v) is 17.6. The van der Waals surface area contributed by atoms with Crippen LogP contribution in [0.5, 0.6) is 0 Å². The predicted molar refractivity (Wildman–Crippen MR) is 237 cm³/mol. The van der Waals surface area contributed by atoms with Gasteiger partial charge >= 0.3 is 17.8 Å². The fourth-order valence-electron chi connectivity index (χ4n) is 8.49. The highest BCUT2D eigenvalue weighted by Crippen LogP contribution is 2.32. The first-order valence-electron chi connectivity index (χ1n) is 21.4. The van der Waals surface area contributed by atoms with E-state index in [1.807, 2.05) is 64.4 Å². The highest BCUT2D eigenvalue weighted by Gasteiger charge is 2.27. The zero-order valence-electron chi connectivity index (χ0n) is 35.6. The molecule has 16 nitrogen and oxygen atoms in total. The monoisotopic (exact) mass is 836 g/mol. The van der Waals surface area contributed by atoms with Gasteiger partial charge in [-0.15, -0.1) is 0 Å². The van der Waals surface area contributed by atoms with Crippen molar-refractivity contribution in [2.45, 2.75) is 58.9 Å². The molecule has 3 N–H and O–H groups in total. The largest absolute Gasteiger partial charge is 0.372 e. The quantitative estimate of drug-likeness (QED) is 0.145. The molecule has 4 amide bonds. The second-order valence-electron chi connectivity index (χ2n) is 17.6. The number of nitrogens with one attached hydrogen (secondary N) is 3. The maximum Gasteiger partial charge on any atom is 0.328 e. The van der Waals surface area contributed by atoms with Crippen LogP contribution in [0.1, 0.15) is 67.7 Å². The van der Waals surface area contributed by atoms with Gasteiger partial charge in [-0.05, 0) is 85.3 Å². The van der Waals surface area contributed by atoms with E-state index in [2.05, 4.69) is 87.1 Å². The van der Waals surface area contributed by atoms with Crippen LogP contribution < -0.4 is 25.3 Å². The molecule has 0 saturated carbocycles. The molecule has 0 atom stereocenters. The third-order valence-corrected chi connectivity index (χ3v) is 12.3. The van der Waals surface area contributed by atoms with Gasteiger partial charge in [0.15, 0.2) is 11.5 Å². The van der Waals surface area contributed by atoms with Gasteiger partial charge in [-0.1, -0.05) is 38.1 Å². The fourth-order valence-corrected chi connectivity index (χ4v) is 8.49. The van der Waals surface area contributed by atoms with Crippen LogP contribution in [-0.4, -0.2) is 105 Å². The lowest BCUT2D eigenvalue weighted by Gasteiger charge is -2.39. The molecular formula is C46H52N12O4. The number of benzene rings is 2. The van der Waals surface area contributed by atoms with Crippen molar-refractivity contribution in [2.75, 3.05) is 67.1 Å². The third-order valence-electron chi connectivity index (χ3n) is 12.3. The number of imide groups is 1. The molecule has 320 valence electrons. The first-order chi connectivity index (χ1) is 29.9. The van der Waals surface area contributed by atoms with Gasteiger partial charge in [-0.2, -0.15) is 10.1 Å². The van der Waals surface area contributed by atoms with Crippen LogP contribution in [-0.2, 0) is 16.8 Å². The summed E-state index contributed by atoms with van der Waals surface area (Å²) < 4.78 is 5.20. The Morgan fingerprint density at radius 3 is 2.27 bits per heavy atom. The van der Waals surface area contributed by atoms with Crippen LogP contribution in [0.2, 0.25) is 0 Å². The summed E-state index contributed by atoms with van der Waals surface area (Å²) in [5.74, 6) is 1.46. The Labute approximate surface area is 360 Å². The van der Waals surface area contributed by atoms with E-state index in [0.717, 1.165) is 109 Å². The molecule has 0 spiro atoms. The average molecular weight is 837 g/mol. The number of carbonyl (C=O) groups is 3. The zero-order valence-corrected chi connectivity index (χ0v) is 35.6. The number of aromatic amines is 1. The summed E-state index contributed by atoms with van der Waals surface area (Å²) in [7, 11) is 0. The number of hydrogen-bond donors (Lipinski definition) is 3. The van der Waals surface area contributed by atoms with Crippen LogP contribution in [0.4, 0.5) is 22.0 Å². The SMILES string of the molecule is Cc1cc(-c2[nH]nc3ncc(-c4ccc(N5CCN(CC6CCN(c7ccc(N8CCC(=O)NC8=O)cc7)CC6)CC5)nc4)cc23)ccc1CNC(=O)c1nc(C(C)(C)C)no1. The van der Waals surface area contributed by atoms with Crippen LogP contribution in [0.15, 0.2) is 77.6 Å². The normalized spacial score (nSPS) is 16.9. The summed E-state index contributed by atoms with van der Waals surface area (Å²) in [6.07, 6.45) is 6.40. The lowest BCUT2D eigenvalue weighted by atomic mass is 9.95. The maximum atomic E-state index is 12.7. The molecule has 3 saturated heterocycles. The number of pyridine rings is 2. The van der Waals surface area contributed by atoms with E-state index in [9.17, 15) is 14.4 Å². The molecule has 3 fully saturated rings. The third kappa shape index (κ3) is 8.73. The minimum absolute atomic E-state index is 0.0464. The minimum Gasteiger partial charge on any atom is -0.372 e. The molecule has 0 bridgehead atoms. The van der Waals surface area contributed by atoms with Gasteiger partial charge in [0.05, 0.1) is 5.69 Å². The van der Waals surface area contributed by atoms with Crippen LogP contribution in [0.3, 0.4) is 0 Å². The number of carbonyl (C=O) groups excluding carboxylic acids is 3. The van der Waals surface area contributed by atoms with Crippen molar-refractivity contribution in [1.82, 2.24) is 45.8 Å². The molecule has 62 heavy (non-hydrogen) atoms. The van der Waals surface area contributed by atoms with Gasteiger partial charge in [0.2, 0.25) is 5.91 Å². The summed E-state index contributed by atoms with van der Waals surface area (Å²) in [4.78, 5) is 59.4. The lowest BCUT2D eigenvalue weighted by molar-refractivity contribution is -0.120. The van der Waals surface area contributed by atoms with E-state index in [0.29, 0.717) is 36.9 Å². The molecule has 2 aromatic carbocycles. The van der Waals surface area contributed by atoms with Crippen molar-refractivity contribution in [3.63, 3.8) is 0 Å². The summed E-state index contributed by atoms with van der Waals surface area (Å²) in [6, 6.07) is 20.2. The van der Waals surface area contributed by atoms with Crippen molar-refractivity contribution < 1.29 is 18.9 Å². The Morgan fingerprint density at radius 1 is 0.839 bits per heavy atom. The summed E-state index contributed by atoms with van der Waals surface area (Å²) >= 11 is 0.